The predicted octanol–water partition coefficient (Wildman–Crippen LogP) is 0.793. The molecule has 8 heteroatoms. The molecule has 0 radical (unpaired) electrons. The summed E-state index contributed by atoms with van der Waals surface area (Å²) in [6, 6.07) is 8.32. The molecule has 0 unspecified atom stereocenters. The van der Waals surface area contributed by atoms with E-state index in [4.69, 9.17) is 9.90 Å². The predicted molar refractivity (Wildman–Crippen MR) is 110 cm³/mol. The highest BCUT2D eigenvalue weighted by molar-refractivity contribution is 6.09. The molecule has 6 rings (SSSR count). The number of anilines is 1. The van der Waals surface area contributed by atoms with E-state index in [9.17, 15) is 9.59 Å². The topological polar surface area (TPSA) is 93.2 Å². The Morgan fingerprint density at radius 1 is 1.23 bits per heavy atom. The number of likely N-dealkylation sites (tertiary alicyclic amines) is 2. The number of para-hydroxylation sites is 1. The van der Waals surface area contributed by atoms with E-state index in [1.54, 1.807) is 0 Å². The first kappa shape index (κ1) is 19.5. The van der Waals surface area contributed by atoms with Crippen LogP contribution >= 0.6 is 0 Å². The van der Waals surface area contributed by atoms with Gasteiger partial charge in [0.25, 0.3) is 6.47 Å². The Morgan fingerprint density at radius 2 is 1.93 bits per heavy atom. The molecule has 3 atom stereocenters. The number of amides is 2. The van der Waals surface area contributed by atoms with Crippen LogP contribution in [0, 0.1) is 11.3 Å². The molecule has 0 aliphatic carbocycles. The van der Waals surface area contributed by atoms with Gasteiger partial charge in [0.1, 0.15) is 5.54 Å². The molecule has 5 aliphatic rings. The Balaban J connectivity index is 0.000000609. The summed E-state index contributed by atoms with van der Waals surface area (Å²) in [6.07, 6.45) is 3.02. The van der Waals surface area contributed by atoms with Crippen molar-refractivity contribution < 1.29 is 19.5 Å². The maximum atomic E-state index is 13.6. The molecule has 160 valence electrons. The Labute approximate surface area is 175 Å². The third-order valence-electron chi connectivity index (χ3n) is 7.65. The zero-order valence-corrected chi connectivity index (χ0v) is 17.2. The lowest BCUT2D eigenvalue weighted by Gasteiger charge is -2.60. The minimum Gasteiger partial charge on any atom is -0.483 e. The maximum Gasteiger partial charge on any atom is 0.290 e. The molecule has 0 bridgehead atoms. The molecule has 5 aliphatic heterocycles. The fourth-order valence-electron chi connectivity index (χ4n) is 6.80. The summed E-state index contributed by atoms with van der Waals surface area (Å²) >= 11 is 0. The molecule has 8 nitrogen and oxygen atoms in total. The van der Waals surface area contributed by atoms with Gasteiger partial charge in [0, 0.05) is 48.9 Å². The van der Waals surface area contributed by atoms with Gasteiger partial charge in [0.15, 0.2) is 0 Å². The van der Waals surface area contributed by atoms with Crippen molar-refractivity contribution in [3.63, 3.8) is 0 Å². The van der Waals surface area contributed by atoms with E-state index in [2.05, 4.69) is 22.2 Å². The van der Waals surface area contributed by atoms with Gasteiger partial charge < -0.3 is 20.2 Å². The van der Waals surface area contributed by atoms with Gasteiger partial charge in [-0.25, -0.2) is 0 Å². The highest BCUT2D eigenvalue weighted by atomic mass is 16.3. The quantitative estimate of drug-likeness (QED) is 0.663. The number of carbonyl (C=O) groups excluding carboxylic acids is 2. The molecule has 2 amide bonds. The van der Waals surface area contributed by atoms with Crippen LogP contribution in [0.15, 0.2) is 24.3 Å². The van der Waals surface area contributed by atoms with Crippen LogP contribution in [0.5, 0.6) is 0 Å². The number of carbonyl (C=O) groups is 3. The Bertz CT molecular complexity index is 891. The second-order valence-corrected chi connectivity index (χ2v) is 9.52. The zero-order chi connectivity index (χ0) is 21.1. The first-order valence-corrected chi connectivity index (χ1v) is 10.7. The molecule has 5 heterocycles. The fourth-order valence-corrected chi connectivity index (χ4v) is 6.80. The molecule has 2 N–H and O–H groups in total. The number of fused-ring (bicyclic) bond motifs is 4. The highest BCUT2D eigenvalue weighted by Gasteiger charge is 2.67. The first-order valence-electron chi connectivity index (χ1n) is 10.7. The van der Waals surface area contributed by atoms with Crippen LogP contribution in [0.1, 0.15) is 24.8 Å². The van der Waals surface area contributed by atoms with Crippen molar-refractivity contribution in [2.24, 2.45) is 11.3 Å². The lowest BCUT2D eigenvalue weighted by atomic mass is 9.71. The number of hydrogen-bond acceptors (Lipinski definition) is 5. The van der Waals surface area contributed by atoms with Crippen molar-refractivity contribution >= 4 is 24.0 Å². The molecule has 1 aromatic rings. The van der Waals surface area contributed by atoms with Crippen molar-refractivity contribution in [2.45, 2.75) is 30.8 Å². The number of hydrogen-bond donors (Lipinski definition) is 2. The summed E-state index contributed by atoms with van der Waals surface area (Å²) in [7, 11) is 2.13. The summed E-state index contributed by atoms with van der Waals surface area (Å²) in [5.41, 5.74) is 1.42. The van der Waals surface area contributed by atoms with E-state index in [1.807, 2.05) is 29.2 Å². The molecule has 0 saturated carbocycles. The highest BCUT2D eigenvalue weighted by Crippen LogP contribution is 2.56. The molecule has 4 fully saturated rings. The number of benzene rings is 1. The fraction of sp³-hybridized carbons (Fsp3) is 0.591. The van der Waals surface area contributed by atoms with Crippen LogP contribution in [0.25, 0.3) is 0 Å². The molecule has 1 aromatic carbocycles. The van der Waals surface area contributed by atoms with Gasteiger partial charge in [0.2, 0.25) is 11.8 Å². The molecule has 4 saturated heterocycles. The second-order valence-electron chi connectivity index (χ2n) is 9.52. The number of nitrogens with zero attached hydrogens (tertiary/aromatic N) is 3. The first-order chi connectivity index (χ1) is 14.4. The molecular weight excluding hydrogens is 384 g/mol. The van der Waals surface area contributed by atoms with Crippen molar-refractivity contribution in [1.29, 1.82) is 0 Å². The van der Waals surface area contributed by atoms with E-state index in [0.717, 1.165) is 63.2 Å². The van der Waals surface area contributed by atoms with Crippen molar-refractivity contribution in [1.82, 2.24) is 14.7 Å². The average Bonchev–Trinajstić information content (AvgIpc) is 3.32. The van der Waals surface area contributed by atoms with Crippen molar-refractivity contribution in [3.8, 4) is 0 Å². The van der Waals surface area contributed by atoms with E-state index < -0.39 is 5.54 Å². The normalized spacial score (nSPS) is 33.2. The van der Waals surface area contributed by atoms with Gasteiger partial charge in [-0.15, -0.1) is 0 Å². The number of carboxylic acid groups (broad SMARTS) is 1. The Kier molecular flexibility index (Phi) is 4.41. The van der Waals surface area contributed by atoms with E-state index in [1.165, 1.54) is 0 Å². The molecule has 0 aromatic heterocycles. The van der Waals surface area contributed by atoms with Crippen LogP contribution in [0.2, 0.25) is 0 Å². The molecular formula is C22H28N4O4. The minimum atomic E-state index is -0.798. The van der Waals surface area contributed by atoms with Gasteiger partial charge >= 0.3 is 0 Å². The number of nitrogens with one attached hydrogen (secondary N) is 1. The average molecular weight is 412 g/mol. The van der Waals surface area contributed by atoms with Crippen molar-refractivity contribution in [3.05, 3.63) is 29.8 Å². The lowest BCUT2D eigenvalue weighted by Crippen LogP contribution is -2.73. The summed E-state index contributed by atoms with van der Waals surface area (Å²) in [5.74, 6) is -0.0666. The standard InChI is InChI=1S/C21H26N4O2.CH2O2/c1-23-10-20(11-23)12-24(13-20)18(26)16-9-14-5-4-8-25(14)21(16)15-6-2-3-7-17(15)22-19(21)27;2-1-3/h2-3,6-7,14,16H,4-5,8-13H2,1H3,(H,22,27);1H,(H,2,3)/t14-,16+,21+;/m1./s1. The Morgan fingerprint density at radius 3 is 2.63 bits per heavy atom. The van der Waals surface area contributed by atoms with Crippen LogP contribution in [0.3, 0.4) is 0 Å². The second kappa shape index (κ2) is 6.78. The van der Waals surface area contributed by atoms with E-state index in [0.29, 0.717) is 11.5 Å². The third kappa shape index (κ3) is 2.50. The molecule has 2 spiro atoms. The minimum absolute atomic E-state index is 0.00469. The Hall–Kier alpha value is -2.45. The van der Waals surface area contributed by atoms with Gasteiger partial charge in [-0.05, 0) is 38.9 Å². The van der Waals surface area contributed by atoms with Gasteiger partial charge in [-0.2, -0.15) is 0 Å². The third-order valence-corrected chi connectivity index (χ3v) is 7.65. The smallest absolute Gasteiger partial charge is 0.290 e. The SMILES string of the molecule is CN1CC2(C1)CN(C(=O)[C@@H]1C[C@H]3CCCN3[C@]13C(=O)Nc1ccccc13)C2.O=CO. The largest absolute Gasteiger partial charge is 0.483 e. The van der Waals surface area contributed by atoms with Crippen LogP contribution < -0.4 is 5.32 Å². The van der Waals surface area contributed by atoms with Crippen LogP contribution in [-0.4, -0.2) is 83.9 Å². The summed E-state index contributed by atoms with van der Waals surface area (Å²) in [4.78, 5) is 42.0. The van der Waals surface area contributed by atoms with E-state index >= 15 is 0 Å². The summed E-state index contributed by atoms with van der Waals surface area (Å²) in [5, 5.41) is 9.98. The lowest BCUT2D eigenvalue weighted by molar-refractivity contribution is -0.165. The van der Waals surface area contributed by atoms with Gasteiger partial charge in [0.05, 0.1) is 5.92 Å². The van der Waals surface area contributed by atoms with E-state index in [-0.39, 0.29) is 24.2 Å². The molecule has 30 heavy (non-hydrogen) atoms. The maximum absolute atomic E-state index is 13.6. The monoisotopic (exact) mass is 412 g/mol. The van der Waals surface area contributed by atoms with Gasteiger partial charge in [-0.3, -0.25) is 19.3 Å². The van der Waals surface area contributed by atoms with Crippen LogP contribution in [-0.2, 0) is 19.9 Å². The van der Waals surface area contributed by atoms with Crippen molar-refractivity contribution in [2.75, 3.05) is 45.1 Å². The summed E-state index contributed by atoms with van der Waals surface area (Å²) in [6.45, 7) is 4.55. The number of rotatable bonds is 1. The zero-order valence-electron chi connectivity index (χ0n) is 17.2. The van der Waals surface area contributed by atoms with Gasteiger partial charge in [-0.1, -0.05) is 18.2 Å². The summed E-state index contributed by atoms with van der Waals surface area (Å²) < 4.78 is 0. The van der Waals surface area contributed by atoms with Crippen LogP contribution in [0.4, 0.5) is 5.69 Å².